The molecule has 7 heteroatoms. The molecular formula is C12H11NO6. The van der Waals surface area contributed by atoms with Crippen molar-refractivity contribution < 1.29 is 28.7 Å². The van der Waals surface area contributed by atoms with Crippen molar-refractivity contribution in [1.29, 1.82) is 0 Å². The van der Waals surface area contributed by atoms with Crippen LogP contribution in [0.25, 0.3) is 0 Å². The molecule has 0 bridgehead atoms. The molecule has 100 valence electrons. The van der Waals surface area contributed by atoms with Crippen molar-refractivity contribution in [2.24, 2.45) is 0 Å². The van der Waals surface area contributed by atoms with Gasteiger partial charge in [-0.05, 0) is 12.1 Å². The van der Waals surface area contributed by atoms with Crippen LogP contribution in [0.3, 0.4) is 0 Å². The van der Waals surface area contributed by atoms with Gasteiger partial charge in [-0.15, -0.1) is 0 Å². The van der Waals surface area contributed by atoms with E-state index in [9.17, 15) is 14.4 Å². The summed E-state index contributed by atoms with van der Waals surface area (Å²) in [6.07, 6.45) is -1.30. The van der Waals surface area contributed by atoms with Crippen LogP contribution in [-0.2, 0) is 19.1 Å². The van der Waals surface area contributed by atoms with E-state index in [1.54, 1.807) is 12.1 Å². The Balaban J connectivity index is 2.19. The Morgan fingerprint density at radius 1 is 1.05 bits per heavy atom. The molecule has 7 nitrogen and oxygen atoms in total. The van der Waals surface area contributed by atoms with Gasteiger partial charge in [-0.25, -0.2) is 4.79 Å². The largest absolute Gasteiger partial charge is 0.388 e. The van der Waals surface area contributed by atoms with Gasteiger partial charge in [-0.1, -0.05) is 17.2 Å². The number of methoxy groups -OCH3 is 2. The molecule has 0 aromatic heterocycles. The zero-order valence-electron chi connectivity index (χ0n) is 10.3. The highest BCUT2D eigenvalue weighted by atomic mass is 16.8. The predicted molar refractivity (Wildman–Crippen MR) is 60.8 cm³/mol. The van der Waals surface area contributed by atoms with Gasteiger partial charge in [-0.2, -0.15) is 0 Å². The lowest BCUT2D eigenvalue weighted by atomic mass is 10.1. The Kier molecular flexibility index (Phi) is 3.59. The number of carbonyl (C=O) groups excluding carboxylic acids is 3. The Hall–Kier alpha value is -2.25. The van der Waals surface area contributed by atoms with Crippen molar-refractivity contribution >= 4 is 17.8 Å². The minimum absolute atomic E-state index is 0.187. The maximum Gasteiger partial charge on any atom is 0.388 e. The Labute approximate surface area is 108 Å². The number of nitrogens with zero attached hydrogens (tertiary/aromatic N) is 1. The topological polar surface area (TPSA) is 82.1 Å². The molecule has 1 heterocycles. The summed E-state index contributed by atoms with van der Waals surface area (Å²) in [5.74, 6) is -2.38. The zero-order chi connectivity index (χ0) is 14.0. The highest BCUT2D eigenvalue weighted by molar-refractivity contribution is 6.20. The van der Waals surface area contributed by atoms with E-state index in [0.717, 1.165) is 0 Å². The first-order valence-electron chi connectivity index (χ1n) is 5.35. The predicted octanol–water partition coefficient (Wildman–Crippen LogP) is 0.360. The molecule has 1 aromatic carbocycles. The monoisotopic (exact) mass is 265 g/mol. The number of rotatable bonds is 4. The zero-order valence-corrected chi connectivity index (χ0v) is 10.3. The van der Waals surface area contributed by atoms with Gasteiger partial charge in [0, 0.05) is 14.2 Å². The summed E-state index contributed by atoms with van der Waals surface area (Å²) in [6, 6.07) is 6.19. The van der Waals surface area contributed by atoms with Gasteiger partial charge in [0.15, 0.2) is 0 Å². The SMILES string of the molecule is COC(OC)C(=O)ON1C(=O)c2ccccc2C1=O. The van der Waals surface area contributed by atoms with Crippen molar-refractivity contribution in [2.45, 2.75) is 6.29 Å². The Morgan fingerprint density at radius 3 is 1.95 bits per heavy atom. The molecule has 1 aliphatic rings. The maximum atomic E-state index is 11.9. The van der Waals surface area contributed by atoms with Crippen molar-refractivity contribution in [2.75, 3.05) is 14.2 Å². The number of hydroxylamine groups is 2. The molecule has 1 aliphatic heterocycles. The van der Waals surface area contributed by atoms with E-state index in [1.807, 2.05) is 0 Å². The summed E-state index contributed by atoms with van der Waals surface area (Å²) < 4.78 is 9.35. The van der Waals surface area contributed by atoms with Gasteiger partial charge in [0.05, 0.1) is 11.1 Å². The fourth-order valence-electron chi connectivity index (χ4n) is 1.67. The summed E-state index contributed by atoms with van der Waals surface area (Å²) in [5, 5.41) is 0.401. The lowest BCUT2D eigenvalue weighted by Crippen LogP contribution is -2.38. The third-order valence-corrected chi connectivity index (χ3v) is 2.56. The lowest BCUT2D eigenvalue weighted by molar-refractivity contribution is -0.205. The molecule has 2 rings (SSSR count). The van der Waals surface area contributed by atoms with Crippen LogP contribution in [-0.4, -0.2) is 43.4 Å². The van der Waals surface area contributed by atoms with Gasteiger partial charge in [0.25, 0.3) is 18.1 Å². The van der Waals surface area contributed by atoms with Gasteiger partial charge in [0.2, 0.25) is 0 Å². The third-order valence-electron chi connectivity index (χ3n) is 2.56. The van der Waals surface area contributed by atoms with Crippen molar-refractivity contribution in [3.8, 4) is 0 Å². The molecule has 19 heavy (non-hydrogen) atoms. The number of fused-ring (bicyclic) bond motifs is 1. The average molecular weight is 265 g/mol. The summed E-state index contributed by atoms with van der Waals surface area (Å²) in [6.45, 7) is 0. The smallest absolute Gasteiger partial charge is 0.347 e. The number of hydrogen-bond acceptors (Lipinski definition) is 6. The number of benzene rings is 1. The quantitative estimate of drug-likeness (QED) is 0.577. The van der Waals surface area contributed by atoms with E-state index in [-0.39, 0.29) is 11.1 Å². The van der Waals surface area contributed by atoms with Crippen LogP contribution >= 0.6 is 0 Å². The number of amides is 2. The fraction of sp³-hybridized carbons (Fsp3) is 0.250. The van der Waals surface area contributed by atoms with Gasteiger partial charge >= 0.3 is 5.97 Å². The van der Waals surface area contributed by atoms with Gasteiger partial charge in [-0.3, -0.25) is 9.59 Å². The number of imide groups is 1. The van der Waals surface area contributed by atoms with E-state index in [1.165, 1.54) is 26.4 Å². The van der Waals surface area contributed by atoms with Crippen LogP contribution in [0.15, 0.2) is 24.3 Å². The number of hydrogen-bond donors (Lipinski definition) is 0. The van der Waals surface area contributed by atoms with Crippen LogP contribution in [0.4, 0.5) is 0 Å². The molecule has 0 aliphatic carbocycles. The summed E-state index contributed by atoms with van der Waals surface area (Å²) in [7, 11) is 2.47. The van der Waals surface area contributed by atoms with Crippen molar-refractivity contribution in [1.82, 2.24) is 5.06 Å². The fourth-order valence-corrected chi connectivity index (χ4v) is 1.67. The molecule has 0 atom stereocenters. The van der Waals surface area contributed by atoms with Crippen LogP contribution in [0.2, 0.25) is 0 Å². The second kappa shape index (κ2) is 5.17. The van der Waals surface area contributed by atoms with E-state index in [4.69, 9.17) is 4.84 Å². The van der Waals surface area contributed by atoms with E-state index in [0.29, 0.717) is 5.06 Å². The minimum Gasteiger partial charge on any atom is -0.347 e. The highest BCUT2D eigenvalue weighted by Crippen LogP contribution is 2.22. The highest BCUT2D eigenvalue weighted by Gasteiger charge is 2.39. The third kappa shape index (κ3) is 2.20. The number of carbonyl (C=O) groups is 3. The summed E-state index contributed by atoms with van der Waals surface area (Å²) in [5.41, 5.74) is 0.373. The van der Waals surface area contributed by atoms with Crippen molar-refractivity contribution in [3.63, 3.8) is 0 Å². The molecule has 1 aromatic rings. The summed E-state index contributed by atoms with van der Waals surface area (Å²) >= 11 is 0. The Bertz CT molecular complexity index is 502. The van der Waals surface area contributed by atoms with Crippen LogP contribution in [0, 0.1) is 0 Å². The first kappa shape index (κ1) is 13.2. The van der Waals surface area contributed by atoms with Gasteiger partial charge in [0.1, 0.15) is 0 Å². The molecule has 0 unspecified atom stereocenters. The Morgan fingerprint density at radius 2 is 1.53 bits per heavy atom. The van der Waals surface area contributed by atoms with Crippen LogP contribution in [0.5, 0.6) is 0 Å². The average Bonchev–Trinajstić information content (AvgIpc) is 2.66. The van der Waals surface area contributed by atoms with E-state index in [2.05, 4.69) is 9.47 Å². The van der Waals surface area contributed by atoms with E-state index >= 15 is 0 Å². The maximum absolute atomic E-state index is 11.9. The van der Waals surface area contributed by atoms with Crippen LogP contribution in [0.1, 0.15) is 20.7 Å². The molecule has 0 fully saturated rings. The molecule has 0 spiro atoms. The molecule has 0 radical (unpaired) electrons. The molecule has 0 saturated carbocycles. The first-order chi connectivity index (χ1) is 9.10. The second-order valence-electron chi connectivity index (χ2n) is 3.66. The molecule has 0 saturated heterocycles. The molecule has 2 amide bonds. The molecular weight excluding hydrogens is 254 g/mol. The lowest BCUT2D eigenvalue weighted by Gasteiger charge is -2.16. The second-order valence-corrected chi connectivity index (χ2v) is 3.66. The standard InChI is InChI=1S/C12H11NO6/c1-17-12(18-2)11(16)19-13-9(14)7-5-3-4-6-8(7)10(13)15/h3-6,12H,1-2H3. The van der Waals surface area contributed by atoms with Gasteiger partial charge < -0.3 is 14.3 Å². The van der Waals surface area contributed by atoms with E-state index < -0.39 is 24.1 Å². The summed E-state index contributed by atoms with van der Waals surface area (Å²) in [4.78, 5) is 40.1. The van der Waals surface area contributed by atoms with Crippen molar-refractivity contribution in [3.05, 3.63) is 35.4 Å². The minimum atomic E-state index is -1.30. The first-order valence-corrected chi connectivity index (χ1v) is 5.35. The normalized spacial score (nSPS) is 13.9. The molecule has 0 N–H and O–H groups in total. The number of ether oxygens (including phenoxy) is 2. The van der Waals surface area contributed by atoms with Crippen LogP contribution < -0.4 is 0 Å².